The van der Waals surface area contributed by atoms with Gasteiger partial charge in [0.15, 0.2) is 17.4 Å². The summed E-state index contributed by atoms with van der Waals surface area (Å²) in [6, 6.07) is 1.05. The van der Waals surface area contributed by atoms with Gasteiger partial charge in [0.25, 0.3) is 0 Å². The Morgan fingerprint density at radius 2 is 2.10 bits per heavy atom. The zero-order chi connectivity index (χ0) is 15.4. The van der Waals surface area contributed by atoms with Crippen LogP contribution in [0.2, 0.25) is 0 Å². The standard InChI is InChI=1S/C14H14F2N2OS2/c1-6(2)14(3)5-20-13(18-14)12-17-8-4-7(15)10(19)9(16)11(8)21-12/h4,6,19H,5H2,1-3H3. The minimum atomic E-state index is -0.995. The van der Waals surface area contributed by atoms with Gasteiger partial charge in [-0.25, -0.2) is 13.8 Å². The number of aromatic hydroxyl groups is 1. The fourth-order valence-electron chi connectivity index (χ4n) is 2.00. The first-order valence-electron chi connectivity index (χ1n) is 6.52. The van der Waals surface area contributed by atoms with E-state index >= 15 is 0 Å². The second kappa shape index (κ2) is 4.91. The molecule has 1 aromatic carbocycles. The fourth-order valence-corrected chi connectivity index (χ4v) is 4.43. The van der Waals surface area contributed by atoms with E-state index in [1.165, 1.54) is 0 Å². The van der Waals surface area contributed by atoms with Crippen molar-refractivity contribution in [2.45, 2.75) is 26.3 Å². The number of aliphatic imine (C=N–C) groups is 1. The molecule has 3 rings (SSSR count). The van der Waals surface area contributed by atoms with E-state index in [9.17, 15) is 13.9 Å². The first kappa shape index (κ1) is 14.7. The molecular weight excluding hydrogens is 314 g/mol. The number of benzene rings is 1. The third-order valence-electron chi connectivity index (χ3n) is 3.84. The Morgan fingerprint density at radius 1 is 1.38 bits per heavy atom. The Hall–Kier alpha value is -1.21. The lowest BCUT2D eigenvalue weighted by molar-refractivity contribution is 0.389. The quantitative estimate of drug-likeness (QED) is 0.899. The molecule has 0 radical (unpaired) electrons. The van der Waals surface area contributed by atoms with Gasteiger partial charge in [0.2, 0.25) is 0 Å². The van der Waals surface area contributed by atoms with Crippen LogP contribution < -0.4 is 0 Å². The van der Waals surface area contributed by atoms with Crippen molar-refractivity contribution in [3.63, 3.8) is 0 Å². The Labute approximate surface area is 129 Å². The number of hydrogen-bond acceptors (Lipinski definition) is 5. The summed E-state index contributed by atoms with van der Waals surface area (Å²) >= 11 is 2.67. The highest BCUT2D eigenvalue weighted by atomic mass is 32.2. The lowest BCUT2D eigenvalue weighted by Gasteiger charge is -2.23. The molecule has 0 spiro atoms. The molecule has 1 unspecified atom stereocenters. The molecule has 7 heteroatoms. The average molecular weight is 328 g/mol. The Kier molecular flexibility index (Phi) is 3.44. The highest BCUT2D eigenvalue weighted by Gasteiger charge is 2.35. The van der Waals surface area contributed by atoms with Crippen molar-refractivity contribution in [1.29, 1.82) is 0 Å². The normalized spacial score (nSPS) is 22.3. The van der Waals surface area contributed by atoms with Gasteiger partial charge >= 0.3 is 0 Å². The number of rotatable bonds is 2. The molecular formula is C14H14F2N2OS2. The lowest BCUT2D eigenvalue weighted by Crippen LogP contribution is -2.29. The smallest absolute Gasteiger partial charge is 0.189 e. The maximum Gasteiger partial charge on any atom is 0.189 e. The van der Waals surface area contributed by atoms with Crippen LogP contribution >= 0.6 is 23.1 Å². The van der Waals surface area contributed by atoms with Gasteiger partial charge in [-0.3, -0.25) is 4.99 Å². The van der Waals surface area contributed by atoms with E-state index in [-0.39, 0.29) is 15.8 Å². The third kappa shape index (κ3) is 2.32. The van der Waals surface area contributed by atoms with Crippen LogP contribution in [0.1, 0.15) is 25.8 Å². The predicted octanol–water partition coefficient (Wildman–Crippen LogP) is 4.19. The molecule has 0 saturated carbocycles. The van der Waals surface area contributed by atoms with E-state index in [1.807, 2.05) is 0 Å². The highest BCUT2D eigenvalue weighted by Crippen LogP contribution is 2.39. The minimum absolute atomic E-state index is 0.158. The molecule has 1 aliphatic rings. The molecule has 112 valence electrons. The number of aromatic nitrogens is 1. The number of thiazole rings is 1. The predicted molar refractivity (Wildman–Crippen MR) is 83.4 cm³/mol. The van der Waals surface area contributed by atoms with Crippen molar-refractivity contribution in [1.82, 2.24) is 4.98 Å². The molecule has 2 heterocycles. The summed E-state index contributed by atoms with van der Waals surface area (Å²) in [4.78, 5) is 8.97. The van der Waals surface area contributed by atoms with E-state index in [0.717, 1.165) is 28.2 Å². The molecule has 0 bridgehead atoms. The molecule has 2 aromatic rings. The largest absolute Gasteiger partial charge is 0.503 e. The number of hydrogen-bond donors (Lipinski definition) is 1. The van der Waals surface area contributed by atoms with E-state index in [2.05, 4.69) is 25.8 Å². The average Bonchev–Trinajstić information content (AvgIpc) is 3.01. The second-order valence-corrected chi connectivity index (χ2v) is 7.57. The molecule has 1 aliphatic heterocycles. The van der Waals surface area contributed by atoms with E-state index < -0.39 is 17.4 Å². The number of nitrogens with zero attached hydrogens (tertiary/aromatic N) is 2. The van der Waals surface area contributed by atoms with Gasteiger partial charge in [-0.2, -0.15) is 0 Å². The fraction of sp³-hybridized carbons (Fsp3) is 0.429. The zero-order valence-electron chi connectivity index (χ0n) is 11.8. The molecule has 21 heavy (non-hydrogen) atoms. The van der Waals surface area contributed by atoms with Gasteiger partial charge in [0, 0.05) is 11.8 Å². The summed E-state index contributed by atoms with van der Waals surface area (Å²) in [6.07, 6.45) is 0. The van der Waals surface area contributed by atoms with Crippen LogP contribution in [0.25, 0.3) is 10.2 Å². The van der Waals surface area contributed by atoms with Crippen molar-refractivity contribution in [3.05, 3.63) is 22.7 Å². The Bertz CT molecular complexity index is 757. The summed E-state index contributed by atoms with van der Waals surface area (Å²) in [5, 5.41) is 10.7. The monoisotopic (exact) mass is 328 g/mol. The number of phenols is 1. The van der Waals surface area contributed by atoms with Gasteiger partial charge in [-0.15, -0.1) is 23.1 Å². The van der Waals surface area contributed by atoms with E-state index in [1.54, 1.807) is 11.8 Å². The van der Waals surface area contributed by atoms with Gasteiger partial charge in [0.05, 0.1) is 15.8 Å². The molecule has 0 aliphatic carbocycles. The van der Waals surface area contributed by atoms with Crippen LogP contribution in [0.15, 0.2) is 11.1 Å². The second-order valence-electron chi connectivity index (χ2n) is 5.61. The topological polar surface area (TPSA) is 45.5 Å². The van der Waals surface area contributed by atoms with Gasteiger partial charge in [0.1, 0.15) is 10.1 Å². The van der Waals surface area contributed by atoms with Crippen LogP contribution in [0.5, 0.6) is 5.75 Å². The van der Waals surface area contributed by atoms with Crippen LogP contribution in [0.3, 0.4) is 0 Å². The zero-order valence-corrected chi connectivity index (χ0v) is 13.4. The van der Waals surface area contributed by atoms with Gasteiger partial charge in [-0.1, -0.05) is 13.8 Å². The van der Waals surface area contributed by atoms with Crippen molar-refractivity contribution >= 4 is 38.4 Å². The maximum absolute atomic E-state index is 13.9. The van der Waals surface area contributed by atoms with Crippen LogP contribution in [0.4, 0.5) is 8.78 Å². The highest BCUT2D eigenvalue weighted by molar-refractivity contribution is 8.15. The summed E-state index contributed by atoms with van der Waals surface area (Å²) in [7, 11) is 0. The van der Waals surface area contributed by atoms with Crippen molar-refractivity contribution in [2.24, 2.45) is 10.9 Å². The van der Waals surface area contributed by atoms with E-state index in [4.69, 9.17) is 4.99 Å². The lowest BCUT2D eigenvalue weighted by atomic mass is 9.91. The number of fused-ring (bicyclic) bond motifs is 1. The van der Waals surface area contributed by atoms with Crippen molar-refractivity contribution < 1.29 is 13.9 Å². The summed E-state index contributed by atoms with van der Waals surface area (Å²) in [5.41, 5.74) is 0.0494. The summed E-state index contributed by atoms with van der Waals surface area (Å²) in [5.74, 6) is -1.67. The SMILES string of the molecule is CC(C)C1(C)CSC(c2nc3cc(F)c(O)c(F)c3s2)=N1. The summed E-state index contributed by atoms with van der Waals surface area (Å²) < 4.78 is 27.4. The first-order chi connectivity index (χ1) is 9.82. The van der Waals surface area contributed by atoms with Crippen LogP contribution in [-0.4, -0.2) is 26.4 Å². The minimum Gasteiger partial charge on any atom is -0.503 e. The maximum atomic E-state index is 13.9. The molecule has 0 amide bonds. The number of phenolic OH excluding ortho intramolecular Hbond substituents is 1. The van der Waals surface area contributed by atoms with Crippen molar-refractivity contribution in [2.75, 3.05) is 5.75 Å². The van der Waals surface area contributed by atoms with Gasteiger partial charge in [-0.05, 0) is 12.8 Å². The molecule has 3 nitrogen and oxygen atoms in total. The Balaban J connectivity index is 2.09. The van der Waals surface area contributed by atoms with Gasteiger partial charge < -0.3 is 5.11 Å². The van der Waals surface area contributed by atoms with Crippen molar-refractivity contribution in [3.8, 4) is 5.75 Å². The molecule has 0 fully saturated rings. The molecule has 1 aromatic heterocycles. The van der Waals surface area contributed by atoms with Crippen LogP contribution in [0, 0.1) is 17.6 Å². The van der Waals surface area contributed by atoms with Crippen LogP contribution in [-0.2, 0) is 0 Å². The van der Waals surface area contributed by atoms with E-state index in [0.29, 0.717) is 10.9 Å². The summed E-state index contributed by atoms with van der Waals surface area (Å²) in [6.45, 7) is 6.30. The molecule has 1 atom stereocenters. The first-order valence-corrected chi connectivity index (χ1v) is 8.32. The number of thioether (sulfide) groups is 1. The molecule has 0 saturated heterocycles. The third-order valence-corrected chi connectivity index (χ3v) is 6.32. The number of halogens is 2. The Morgan fingerprint density at radius 3 is 2.71 bits per heavy atom. The molecule has 1 N–H and O–H groups in total.